The van der Waals surface area contributed by atoms with E-state index in [2.05, 4.69) is 11.4 Å². The number of benzene rings is 1. The first-order valence-electron chi connectivity index (χ1n) is 9.61. The van der Waals surface area contributed by atoms with Gasteiger partial charge in [0.15, 0.2) is 11.6 Å². The average molecular weight is 441 g/mol. The van der Waals surface area contributed by atoms with E-state index in [9.17, 15) is 22.0 Å². The maximum Gasteiger partial charge on any atom is 0.243 e. The van der Waals surface area contributed by atoms with Gasteiger partial charge in [0.05, 0.1) is 10.9 Å². The summed E-state index contributed by atoms with van der Waals surface area (Å²) in [5.74, 6) is -2.44. The molecule has 1 saturated heterocycles. The lowest BCUT2D eigenvalue weighted by atomic mass is 9.93. The third kappa shape index (κ3) is 3.71. The summed E-state index contributed by atoms with van der Waals surface area (Å²) in [7, 11) is -3.92. The van der Waals surface area contributed by atoms with Crippen molar-refractivity contribution < 1.29 is 22.0 Å². The molecule has 1 atom stereocenters. The second-order valence-corrected chi connectivity index (χ2v) is 10.4. The van der Waals surface area contributed by atoms with Gasteiger partial charge in [0, 0.05) is 30.4 Å². The van der Waals surface area contributed by atoms with Crippen LogP contribution in [0.1, 0.15) is 36.2 Å². The highest BCUT2D eigenvalue weighted by atomic mass is 32.2. The van der Waals surface area contributed by atoms with E-state index < -0.39 is 21.7 Å². The molecule has 5 nitrogen and oxygen atoms in total. The van der Waals surface area contributed by atoms with Crippen molar-refractivity contribution in [2.45, 2.75) is 37.1 Å². The van der Waals surface area contributed by atoms with Crippen LogP contribution < -0.4 is 0 Å². The molecular weight excluding hydrogens is 418 g/mol. The Kier molecular flexibility index (Phi) is 5.48. The molecule has 9 heteroatoms. The van der Waals surface area contributed by atoms with Gasteiger partial charge in [-0.05, 0) is 61.4 Å². The van der Waals surface area contributed by atoms with Crippen LogP contribution in [0.2, 0.25) is 0 Å². The number of amides is 1. The topological polar surface area (TPSA) is 57.7 Å². The van der Waals surface area contributed by atoms with E-state index in [-0.39, 0.29) is 35.9 Å². The van der Waals surface area contributed by atoms with Crippen molar-refractivity contribution in [1.29, 1.82) is 0 Å². The number of piperidine rings is 1. The third-order valence-corrected chi connectivity index (χ3v) is 8.78. The van der Waals surface area contributed by atoms with Crippen molar-refractivity contribution in [2.75, 3.05) is 19.6 Å². The summed E-state index contributed by atoms with van der Waals surface area (Å²) >= 11 is 1.72. The number of hydrogen-bond acceptors (Lipinski definition) is 4. The maximum absolute atomic E-state index is 13.5. The van der Waals surface area contributed by atoms with Gasteiger partial charge >= 0.3 is 0 Å². The Morgan fingerprint density at radius 2 is 1.83 bits per heavy atom. The van der Waals surface area contributed by atoms with E-state index in [1.807, 2.05) is 11.8 Å². The monoisotopic (exact) mass is 440 g/mol. The molecule has 1 amide bonds. The number of carbonyl (C=O) groups excluding carboxylic acids is 1. The number of fused-ring (bicyclic) bond motifs is 1. The molecular formula is C20H22F2N2O3S2. The lowest BCUT2D eigenvalue weighted by molar-refractivity contribution is -0.139. The molecule has 2 aromatic rings. The van der Waals surface area contributed by atoms with Gasteiger partial charge in [0.25, 0.3) is 0 Å². The van der Waals surface area contributed by atoms with E-state index in [1.165, 1.54) is 14.7 Å². The second kappa shape index (κ2) is 7.77. The van der Waals surface area contributed by atoms with Gasteiger partial charge in [-0.2, -0.15) is 4.31 Å². The lowest BCUT2D eigenvalue weighted by Gasteiger charge is -2.38. The molecule has 2 aliphatic heterocycles. The van der Waals surface area contributed by atoms with Crippen molar-refractivity contribution in [3.63, 3.8) is 0 Å². The van der Waals surface area contributed by atoms with Gasteiger partial charge in [-0.3, -0.25) is 4.79 Å². The number of hydrogen-bond donors (Lipinski definition) is 0. The maximum atomic E-state index is 13.5. The first-order chi connectivity index (χ1) is 13.8. The quantitative estimate of drug-likeness (QED) is 0.733. The Morgan fingerprint density at radius 1 is 1.10 bits per heavy atom. The Hall–Kier alpha value is -1.84. The molecule has 0 saturated carbocycles. The minimum atomic E-state index is -3.92. The highest BCUT2D eigenvalue weighted by Crippen LogP contribution is 2.35. The van der Waals surface area contributed by atoms with Crippen LogP contribution in [0.4, 0.5) is 8.78 Å². The Balaban J connectivity index is 1.43. The Bertz CT molecular complexity index is 1030. The molecule has 0 radical (unpaired) electrons. The summed E-state index contributed by atoms with van der Waals surface area (Å²) in [6, 6.07) is 4.69. The minimum Gasteiger partial charge on any atom is -0.335 e. The zero-order valence-electron chi connectivity index (χ0n) is 16.0. The lowest BCUT2D eigenvalue weighted by Crippen LogP contribution is -2.46. The van der Waals surface area contributed by atoms with Gasteiger partial charge < -0.3 is 4.90 Å². The van der Waals surface area contributed by atoms with E-state index in [0.717, 1.165) is 18.6 Å². The summed E-state index contributed by atoms with van der Waals surface area (Å²) < 4.78 is 53.3. The molecule has 4 rings (SSSR count). The van der Waals surface area contributed by atoms with Gasteiger partial charge in [-0.25, -0.2) is 17.2 Å². The van der Waals surface area contributed by atoms with Gasteiger partial charge in [0.1, 0.15) is 0 Å². The van der Waals surface area contributed by atoms with Crippen LogP contribution in [0.25, 0.3) is 0 Å². The summed E-state index contributed by atoms with van der Waals surface area (Å²) in [5, 5.41) is 2.05. The molecule has 29 heavy (non-hydrogen) atoms. The Morgan fingerprint density at radius 3 is 2.52 bits per heavy atom. The molecule has 156 valence electrons. The van der Waals surface area contributed by atoms with Gasteiger partial charge in [-0.1, -0.05) is 0 Å². The van der Waals surface area contributed by atoms with Crippen LogP contribution in [0.3, 0.4) is 0 Å². The largest absolute Gasteiger partial charge is 0.335 e. The fourth-order valence-corrected chi connectivity index (χ4v) is 6.62. The molecule has 0 unspecified atom stereocenters. The standard InChI is InChI=1S/C20H22F2N2O3S2/c1-13-16-7-11-28-19(16)6-10-24(13)20(25)14-4-8-23(9-5-14)29(26,27)15-2-3-17(21)18(22)12-15/h2-3,7,11-14H,4-6,8-10H2,1H3/t13-/m0/s1. The van der Waals surface area contributed by atoms with Crippen LogP contribution in [0, 0.1) is 17.6 Å². The van der Waals surface area contributed by atoms with Gasteiger partial charge in [-0.15, -0.1) is 11.3 Å². The van der Waals surface area contributed by atoms with Crippen molar-refractivity contribution >= 4 is 27.3 Å². The molecule has 1 fully saturated rings. The average Bonchev–Trinajstić information content (AvgIpc) is 3.20. The van der Waals surface area contributed by atoms with Crippen LogP contribution in [-0.4, -0.2) is 43.2 Å². The molecule has 3 heterocycles. The van der Waals surface area contributed by atoms with Crippen LogP contribution in [0.5, 0.6) is 0 Å². The first-order valence-corrected chi connectivity index (χ1v) is 11.9. The van der Waals surface area contributed by atoms with Crippen molar-refractivity contribution in [1.82, 2.24) is 9.21 Å². The number of sulfonamides is 1. The summed E-state index contributed by atoms with van der Waals surface area (Å²) in [4.78, 5) is 16.0. The number of thiophene rings is 1. The Labute approximate surface area is 173 Å². The molecule has 0 spiro atoms. The summed E-state index contributed by atoms with van der Waals surface area (Å²) in [6.07, 6.45) is 1.69. The number of carbonyl (C=O) groups is 1. The fraction of sp³-hybridized carbons (Fsp3) is 0.450. The predicted molar refractivity (Wildman–Crippen MR) is 106 cm³/mol. The molecule has 2 aliphatic rings. The normalized spacial score (nSPS) is 21.2. The van der Waals surface area contributed by atoms with E-state index in [4.69, 9.17) is 0 Å². The first kappa shape index (κ1) is 20.4. The number of rotatable bonds is 3. The predicted octanol–water partition coefficient (Wildman–Crippen LogP) is 3.57. The van der Waals surface area contributed by atoms with Crippen molar-refractivity contribution in [3.05, 3.63) is 51.7 Å². The molecule has 1 aromatic carbocycles. The molecule has 0 N–H and O–H groups in total. The highest BCUT2D eigenvalue weighted by molar-refractivity contribution is 7.89. The molecule has 1 aromatic heterocycles. The minimum absolute atomic E-state index is 0.0291. The second-order valence-electron chi connectivity index (χ2n) is 7.51. The smallest absolute Gasteiger partial charge is 0.243 e. The van der Waals surface area contributed by atoms with E-state index in [0.29, 0.717) is 25.5 Å². The van der Waals surface area contributed by atoms with Crippen molar-refractivity contribution in [2.24, 2.45) is 5.92 Å². The number of nitrogens with zero attached hydrogens (tertiary/aromatic N) is 2. The molecule has 0 aliphatic carbocycles. The van der Waals surface area contributed by atoms with E-state index in [1.54, 1.807) is 11.3 Å². The van der Waals surface area contributed by atoms with Crippen LogP contribution in [0.15, 0.2) is 34.5 Å². The van der Waals surface area contributed by atoms with Crippen LogP contribution in [-0.2, 0) is 21.2 Å². The zero-order chi connectivity index (χ0) is 20.8. The zero-order valence-corrected chi connectivity index (χ0v) is 17.6. The highest BCUT2D eigenvalue weighted by Gasteiger charge is 2.37. The van der Waals surface area contributed by atoms with Crippen LogP contribution >= 0.6 is 11.3 Å². The summed E-state index contributed by atoms with van der Waals surface area (Å²) in [5.41, 5.74) is 1.20. The molecule has 0 bridgehead atoms. The third-order valence-electron chi connectivity index (χ3n) is 5.89. The summed E-state index contributed by atoms with van der Waals surface area (Å²) in [6.45, 7) is 3.08. The fourth-order valence-electron chi connectivity index (χ4n) is 4.17. The van der Waals surface area contributed by atoms with Crippen molar-refractivity contribution in [3.8, 4) is 0 Å². The number of halogens is 2. The SMILES string of the molecule is C[C@H]1c2ccsc2CCN1C(=O)C1CCN(S(=O)(=O)c2ccc(F)c(F)c2)CC1. The van der Waals surface area contributed by atoms with Gasteiger partial charge in [0.2, 0.25) is 15.9 Å². The van der Waals surface area contributed by atoms with E-state index >= 15 is 0 Å².